The van der Waals surface area contributed by atoms with Crippen molar-refractivity contribution in [3.8, 4) is 0 Å². The minimum absolute atomic E-state index is 0. The Kier molecular flexibility index (Phi) is 7.63. The molecule has 3 rings (SSSR count). The van der Waals surface area contributed by atoms with Crippen LogP contribution in [0.3, 0.4) is 0 Å². The van der Waals surface area contributed by atoms with E-state index in [1.54, 1.807) is 23.5 Å². The molecular weight excluding hydrogens is 330 g/mol. The highest BCUT2D eigenvalue weighted by Gasteiger charge is 2.24. The summed E-state index contributed by atoms with van der Waals surface area (Å²) in [6.45, 7) is 4.09. The van der Waals surface area contributed by atoms with E-state index in [0.29, 0.717) is 0 Å². The number of halogens is 3. The van der Waals surface area contributed by atoms with E-state index in [-0.39, 0.29) is 36.7 Å². The average Bonchev–Trinajstić information content (AvgIpc) is 2.96. The maximum atomic E-state index is 13.1. The fourth-order valence-electron chi connectivity index (χ4n) is 2.59. The fourth-order valence-corrected chi connectivity index (χ4v) is 3.47. The fraction of sp³-hybridized carbons (Fsp3) is 0.333. The number of hydrogen-bond donors (Lipinski definition) is 1. The Balaban J connectivity index is 0.00000110. The highest BCUT2D eigenvalue weighted by molar-refractivity contribution is 7.10. The Hall–Kier alpha value is -0.650. The maximum absolute atomic E-state index is 13.1. The van der Waals surface area contributed by atoms with Crippen LogP contribution in [0.1, 0.15) is 16.5 Å². The summed E-state index contributed by atoms with van der Waals surface area (Å²) in [5, 5.41) is 5.48. The van der Waals surface area contributed by atoms with Gasteiger partial charge in [-0.2, -0.15) is 0 Å². The second kappa shape index (κ2) is 8.71. The van der Waals surface area contributed by atoms with E-state index < -0.39 is 0 Å². The monoisotopic (exact) mass is 348 g/mol. The number of hydrogen-bond acceptors (Lipinski definition) is 3. The normalized spacial score (nSPS) is 16.6. The minimum atomic E-state index is -0.172. The zero-order valence-electron chi connectivity index (χ0n) is 11.5. The lowest BCUT2D eigenvalue weighted by atomic mass is 10.0. The standard InChI is InChI=1S/C15H17FN2S.2ClH/c16-13-5-3-12(4-6-13)15(14-2-1-11-19-14)18-9-7-17-8-10-18;;/h1-6,11,15,17H,7-10H2;2*1H/t15-;;/m1../s1. The third kappa shape index (κ3) is 4.41. The molecule has 6 heteroatoms. The maximum Gasteiger partial charge on any atom is 0.123 e. The first-order valence-corrected chi connectivity index (χ1v) is 7.46. The van der Waals surface area contributed by atoms with Crippen LogP contribution in [-0.2, 0) is 0 Å². The third-order valence-corrected chi connectivity index (χ3v) is 4.44. The molecule has 2 aromatic rings. The van der Waals surface area contributed by atoms with Gasteiger partial charge in [-0.15, -0.1) is 36.2 Å². The summed E-state index contributed by atoms with van der Waals surface area (Å²) in [6.07, 6.45) is 0. The van der Waals surface area contributed by atoms with Gasteiger partial charge in [0.15, 0.2) is 0 Å². The first-order chi connectivity index (χ1) is 9.34. The molecule has 0 spiro atoms. The van der Waals surface area contributed by atoms with Crippen molar-refractivity contribution in [1.82, 2.24) is 10.2 Å². The van der Waals surface area contributed by atoms with Crippen LogP contribution in [0.5, 0.6) is 0 Å². The van der Waals surface area contributed by atoms with E-state index in [4.69, 9.17) is 0 Å². The van der Waals surface area contributed by atoms with Crippen molar-refractivity contribution in [1.29, 1.82) is 0 Å². The van der Waals surface area contributed by atoms with Crippen LogP contribution in [0.4, 0.5) is 4.39 Å². The molecule has 1 aromatic heterocycles. The predicted octanol–water partition coefficient (Wildman–Crippen LogP) is 3.73. The molecule has 0 aliphatic carbocycles. The molecule has 1 saturated heterocycles. The molecule has 1 fully saturated rings. The Bertz CT molecular complexity index is 513. The topological polar surface area (TPSA) is 15.3 Å². The van der Waals surface area contributed by atoms with Gasteiger partial charge in [-0.05, 0) is 29.1 Å². The van der Waals surface area contributed by atoms with E-state index in [9.17, 15) is 4.39 Å². The van der Waals surface area contributed by atoms with E-state index in [1.165, 1.54) is 10.4 Å². The van der Waals surface area contributed by atoms with Crippen LogP contribution in [0.2, 0.25) is 0 Å². The summed E-state index contributed by atoms with van der Waals surface area (Å²) in [5.74, 6) is -0.172. The molecule has 0 radical (unpaired) electrons. The largest absolute Gasteiger partial charge is 0.314 e. The van der Waals surface area contributed by atoms with E-state index in [0.717, 1.165) is 26.2 Å². The Morgan fingerprint density at radius 3 is 2.29 bits per heavy atom. The van der Waals surface area contributed by atoms with Crippen LogP contribution in [0, 0.1) is 5.82 Å². The quantitative estimate of drug-likeness (QED) is 0.909. The number of nitrogens with zero attached hydrogens (tertiary/aromatic N) is 1. The predicted molar refractivity (Wildman–Crippen MR) is 91.5 cm³/mol. The highest BCUT2D eigenvalue weighted by atomic mass is 35.5. The van der Waals surface area contributed by atoms with Crippen molar-refractivity contribution in [2.45, 2.75) is 6.04 Å². The van der Waals surface area contributed by atoms with E-state index in [1.807, 2.05) is 12.1 Å². The Morgan fingerprint density at radius 1 is 1.05 bits per heavy atom. The van der Waals surface area contributed by atoms with Crippen molar-refractivity contribution in [2.75, 3.05) is 26.2 Å². The van der Waals surface area contributed by atoms with Gasteiger partial charge in [0, 0.05) is 31.1 Å². The van der Waals surface area contributed by atoms with Crippen molar-refractivity contribution in [2.24, 2.45) is 0 Å². The first-order valence-electron chi connectivity index (χ1n) is 6.58. The van der Waals surface area contributed by atoms with Gasteiger partial charge in [0.25, 0.3) is 0 Å². The van der Waals surface area contributed by atoms with Crippen LogP contribution in [0.15, 0.2) is 41.8 Å². The van der Waals surface area contributed by atoms with Gasteiger partial charge in [0.05, 0.1) is 6.04 Å². The summed E-state index contributed by atoms with van der Waals surface area (Å²) >= 11 is 1.77. The van der Waals surface area contributed by atoms with Gasteiger partial charge in [0.2, 0.25) is 0 Å². The zero-order valence-corrected chi connectivity index (χ0v) is 13.9. The molecule has 116 valence electrons. The van der Waals surface area contributed by atoms with Gasteiger partial charge in [-0.1, -0.05) is 18.2 Å². The molecule has 1 aliphatic heterocycles. The lowest BCUT2D eigenvalue weighted by Crippen LogP contribution is -2.45. The summed E-state index contributed by atoms with van der Waals surface area (Å²) in [4.78, 5) is 3.80. The highest BCUT2D eigenvalue weighted by Crippen LogP contribution is 2.31. The van der Waals surface area contributed by atoms with Gasteiger partial charge in [-0.25, -0.2) is 4.39 Å². The summed E-state index contributed by atoms with van der Waals surface area (Å²) < 4.78 is 13.1. The smallest absolute Gasteiger partial charge is 0.123 e. The second-order valence-corrected chi connectivity index (χ2v) is 5.73. The summed E-state index contributed by atoms with van der Waals surface area (Å²) in [5.41, 5.74) is 1.17. The van der Waals surface area contributed by atoms with Crippen molar-refractivity contribution < 1.29 is 4.39 Å². The lowest BCUT2D eigenvalue weighted by molar-refractivity contribution is 0.200. The zero-order chi connectivity index (χ0) is 13.1. The molecule has 1 N–H and O–H groups in total. The average molecular weight is 349 g/mol. The molecular formula is C15H19Cl2FN2S. The van der Waals surface area contributed by atoms with Crippen molar-refractivity contribution >= 4 is 36.2 Å². The van der Waals surface area contributed by atoms with Crippen LogP contribution >= 0.6 is 36.2 Å². The Labute approximate surface area is 141 Å². The molecule has 0 unspecified atom stereocenters. The molecule has 2 nitrogen and oxygen atoms in total. The van der Waals surface area contributed by atoms with Crippen LogP contribution in [-0.4, -0.2) is 31.1 Å². The molecule has 1 aromatic carbocycles. The van der Waals surface area contributed by atoms with E-state index in [2.05, 4.69) is 27.7 Å². The first kappa shape index (κ1) is 18.4. The molecule has 21 heavy (non-hydrogen) atoms. The van der Waals surface area contributed by atoms with E-state index >= 15 is 0 Å². The number of piperazine rings is 1. The molecule has 1 aliphatic rings. The number of thiophene rings is 1. The third-order valence-electron chi connectivity index (χ3n) is 3.52. The summed E-state index contributed by atoms with van der Waals surface area (Å²) in [7, 11) is 0. The van der Waals surface area contributed by atoms with Gasteiger partial charge < -0.3 is 5.32 Å². The lowest BCUT2D eigenvalue weighted by Gasteiger charge is -2.34. The molecule has 2 heterocycles. The number of rotatable bonds is 3. The molecule has 1 atom stereocenters. The van der Waals surface area contributed by atoms with Gasteiger partial charge >= 0.3 is 0 Å². The SMILES string of the molecule is Cl.Cl.Fc1ccc([C@H](c2cccs2)N2CCNCC2)cc1. The van der Waals surface area contributed by atoms with Gasteiger partial charge in [-0.3, -0.25) is 4.90 Å². The Morgan fingerprint density at radius 2 is 1.71 bits per heavy atom. The molecule has 0 amide bonds. The van der Waals surface area contributed by atoms with Crippen molar-refractivity contribution in [3.63, 3.8) is 0 Å². The number of benzene rings is 1. The summed E-state index contributed by atoms with van der Waals surface area (Å²) in [6, 6.07) is 11.4. The molecule has 0 bridgehead atoms. The second-order valence-electron chi connectivity index (χ2n) is 4.76. The van der Waals surface area contributed by atoms with Crippen LogP contribution in [0.25, 0.3) is 0 Å². The van der Waals surface area contributed by atoms with Crippen molar-refractivity contribution in [3.05, 3.63) is 58.0 Å². The van der Waals surface area contributed by atoms with Gasteiger partial charge in [0.1, 0.15) is 5.82 Å². The van der Waals surface area contributed by atoms with Crippen LogP contribution < -0.4 is 5.32 Å². The molecule has 0 saturated carbocycles. The minimum Gasteiger partial charge on any atom is -0.314 e. The number of nitrogens with one attached hydrogen (secondary N) is 1.